The van der Waals surface area contributed by atoms with E-state index in [1.54, 1.807) is 25.1 Å². The van der Waals surface area contributed by atoms with E-state index in [1.807, 2.05) is 6.92 Å². The summed E-state index contributed by atoms with van der Waals surface area (Å²) < 4.78 is 50.7. The number of sulfone groups is 1. The van der Waals surface area contributed by atoms with Crippen LogP contribution in [0, 0.1) is 13.8 Å². The van der Waals surface area contributed by atoms with E-state index in [1.165, 1.54) is 24.3 Å². The molecule has 28 heavy (non-hydrogen) atoms. The van der Waals surface area contributed by atoms with Crippen molar-refractivity contribution < 1.29 is 21.6 Å². The molecule has 1 saturated heterocycles. The summed E-state index contributed by atoms with van der Waals surface area (Å²) in [6.07, 6.45) is 0.405. The van der Waals surface area contributed by atoms with E-state index in [-0.39, 0.29) is 28.4 Å². The quantitative estimate of drug-likeness (QED) is 0.766. The van der Waals surface area contributed by atoms with Crippen LogP contribution in [-0.2, 0) is 19.9 Å². The first-order valence-electron chi connectivity index (χ1n) is 8.77. The van der Waals surface area contributed by atoms with Gasteiger partial charge in [0.15, 0.2) is 9.84 Å². The monoisotopic (exact) mass is 422 g/mol. The molecule has 2 aromatic rings. The molecular weight excluding hydrogens is 400 g/mol. The van der Waals surface area contributed by atoms with Crippen LogP contribution in [0.4, 0.5) is 5.69 Å². The minimum absolute atomic E-state index is 0.0491. The maximum Gasteiger partial charge on any atom is 0.262 e. The van der Waals surface area contributed by atoms with Crippen molar-refractivity contribution in [3.63, 3.8) is 0 Å². The van der Waals surface area contributed by atoms with Gasteiger partial charge in [0.25, 0.3) is 15.9 Å². The van der Waals surface area contributed by atoms with Crippen molar-refractivity contribution in [3.05, 3.63) is 59.2 Å². The smallest absolute Gasteiger partial charge is 0.262 e. The number of amides is 1. The van der Waals surface area contributed by atoms with Crippen LogP contribution in [0.15, 0.2) is 47.4 Å². The van der Waals surface area contributed by atoms with Crippen LogP contribution in [0.3, 0.4) is 0 Å². The predicted octanol–water partition coefficient (Wildman–Crippen LogP) is 2.02. The molecule has 0 aromatic heterocycles. The number of hydrogen-bond acceptors (Lipinski definition) is 5. The predicted molar refractivity (Wildman–Crippen MR) is 108 cm³/mol. The number of aryl methyl sites for hydroxylation is 2. The zero-order valence-electron chi connectivity index (χ0n) is 15.6. The Labute approximate surface area is 165 Å². The van der Waals surface area contributed by atoms with Crippen molar-refractivity contribution in [1.29, 1.82) is 0 Å². The molecule has 1 aliphatic heterocycles. The van der Waals surface area contributed by atoms with Gasteiger partial charge in [0.05, 0.1) is 16.4 Å². The van der Waals surface area contributed by atoms with Crippen LogP contribution in [0.1, 0.15) is 27.9 Å². The third-order valence-electron chi connectivity index (χ3n) is 4.59. The van der Waals surface area contributed by atoms with Crippen molar-refractivity contribution in [2.75, 3.05) is 16.2 Å². The van der Waals surface area contributed by atoms with Crippen LogP contribution >= 0.6 is 0 Å². The molecule has 1 heterocycles. The number of sulfonamides is 1. The fourth-order valence-corrected chi connectivity index (χ4v) is 6.14. The molecule has 0 aliphatic carbocycles. The number of hydrogen-bond donors (Lipinski definition) is 2. The highest BCUT2D eigenvalue weighted by molar-refractivity contribution is 7.92. The zero-order chi connectivity index (χ0) is 20.5. The molecule has 0 spiro atoms. The molecule has 0 bridgehead atoms. The largest absolute Gasteiger partial charge is 0.348 e. The van der Waals surface area contributed by atoms with E-state index in [2.05, 4.69) is 10.0 Å². The van der Waals surface area contributed by atoms with Gasteiger partial charge in [0.2, 0.25) is 0 Å². The minimum atomic E-state index is -3.74. The number of carbonyl (C=O) groups is 1. The molecule has 1 fully saturated rings. The van der Waals surface area contributed by atoms with Gasteiger partial charge in [-0.15, -0.1) is 0 Å². The maximum atomic E-state index is 12.6. The molecule has 1 aliphatic rings. The van der Waals surface area contributed by atoms with Gasteiger partial charge in [0.1, 0.15) is 0 Å². The Hall–Kier alpha value is -2.39. The summed E-state index contributed by atoms with van der Waals surface area (Å²) in [6.45, 7) is 3.62. The van der Waals surface area contributed by atoms with Crippen LogP contribution in [-0.4, -0.2) is 40.3 Å². The van der Waals surface area contributed by atoms with E-state index >= 15 is 0 Å². The van der Waals surface area contributed by atoms with Gasteiger partial charge >= 0.3 is 0 Å². The minimum Gasteiger partial charge on any atom is -0.348 e. The topological polar surface area (TPSA) is 109 Å². The first-order valence-corrected chi connectivity index (χ1v) is 12.1. The lowest BCUT2D eigenvalue weighted by molar-refractivity contribution is 0.0941. The van der Waals surface area contributed by atoms with Gasteiger partial charge < -0.3 is 5.32 Å². The normalized spacial score (nSPS) is 18.6. The summed E-state index contributed by atoms with van der Waals surface area (Å²) in [5.41, 5.74) is 2.29. The van der Waals surface area contributed by atoms with E-state index in [4.69, 9.17) is 0 Å². The van der Waals surface area contributed by atoms with Crippen molar-refractivity contribution in [2.45, 2.75) is 31.2 Å². The van der Waals surface area contributed by atoms with Crippen LogP contribution in [0.2, 0.25) is 0 Å². The third kappa shape index (κ3) is 4.71. The van der Waals surface area contributed by atoms with E-state index in [0.29, 0.717) is 23.2 Å². The molecule has 7 nitrogen and oxygen atoms in total. The Bertz CT molecular complexity index is 1110. The lowest BCUT2D eigenvalue weighted by atomic mass is 10.1. The molecule has 2 N–H and O–H groups in total. The molecule has 150 valence electrons. The number of carbonyl (C=O) groups excluding carboxylic acids is 1. The van der Waals surface area contributed by atoms with Crippen LogP contribution < -0.4 is 10.0 Å². The van der Waals surface area contributed by atoms with E-state index in [9.17, 15) is 21.6 Å². The SMILES string of the molecule is Cc1ccc(S(=O)(=O)Nc2ccc(C(=O)N[C@H]3CCS(=O)(=O)C3)cc2)c(C)c1. The molecule has 0 unspecified atom stereocenters. The first kappa shape index (κ1) is 20.3. The Morgan fingerprint density at radius 1 is 1.07 bits per heavy atom. The zero-order valence-corrected chi connectivity index (χ0v) is 17.2. The Morgan fingerprint density at radius 3 is 2.32 bits per heavy atom. The van der Waals surface area contributed by atoms with E-state index in [0.717, 1.165) is 5.56 Å². The van der Waals surface area contributed by atoms with Gasteiger partial charge in [-0.25, -0.2) is 16.8 Å². The molecule has 3 rings (SSSR count). The summed E-state index contributed by atoms with van der Waals surface area (Å²) in [7, 11) is -6.82. The van der Waals surface area contributed by atoms with Crippen LogP contribution in [0.25, 0.3) is 0 Å². The van der Waals surface area contributed by atoms with Gasteiger partial charge in [-0.05, 0) is 56.2 Å². The second-order valence-corrected chi connectivity index (χ2v) is 10.9. The Balaban J connectivity index is 1.69. The second-order valence-electron chi connectivity index (χ2n) is 7.03. The molecular formula is C19H22N2O5S2. The maximum absolute atomic E-state index is 12.6. The third-order valence-corrected chi connectivity index (χ3v) is 7.90. The number of anilines is 1. The van der Waals surface area contributed by atoms with Gasteiger partial charge in [-0.2, -0.15) is 0 Å². The van der Waals surface area contributed by atoms with E-state index < -0.39 is 19.9 Å². The highest BCUT2D eigenvalue weighted by Gasteiger charge is 2.29. The van der Waals surface area contributed by atoms with Crippen molar-refractivity contribution in [1.82, 2.24) is 5.32 Å². The summed E-state index contributed by atoms with van der Waals surface area (Å²) in [5.74, 6) is -0.352. The van der Waals surface area contributed by atoms with Crippen molar-refractivity contribution >= 4 is 31.5 Å². The first-order chi connectivity index (χ1) is 13.1. The molecule has 2 aromatic carbocycles. The summed E-state index contributed by atoms with van der Waals surface area (Å²) in [4.78, 5) is 12.5. The van der Waals surface area contributed by atoms with Crippen molar-refractivity contribution in [3.8, 4) is 0 Å². The molecule has 0 saturated carbocycles. The fourth-order valence-electron chi connectivity index (χ4n) is 3.18. The Morgan fingerprint density at radius 2 is 1.75 bits per heavy atom. The summed E-state index contributed by atoms with van der Waals surface area (Å²) in [5, 5.41) is 2.70. The molecule has 1 amide bonds. The average molecular weight is 423 g/mol. The number of rotatable bonds is 5. The number of benzene rings is 2. The fraction of sp³-hybridized carbons (Fsp3) is 0.316. The average Bonchev–Trinajstić information content (AvgIpc) is 2.93. The number of nitrogens with one attached hydrogen (secondary N) is 2. The Kier molecular flexibility index (Phi) is 5.49. The lowest BCUT2D eigenvalue weighted by Gasteiger charge is -2.13. The van der Waals surface area contributed by atoms with Gasteiger partial charge in [0, 0.05) is 17.3 Å². The second kappa shape index (κ2) is 7.56. The standard InChI is InChI=1S/C19H22N2O5S2/c1-13-3-8-18(14(2)11-13)28(25,26)21-16-6-4-15(5-7-16)19(22)20-17-9-10-27(23,24)12-17/h3-8,11,17,21H,9-10,12H2,1-2H3,(H,20,22)/t17-/m0/s1. The van der Waals surface area contributed by atoms with Gasteiger partial charge in [-0.3, -0.25) is 9.52 Å². The molecule has 9 heteroatoms. The highest BCUT2D eigenvalue weighted by Crippen LogP contribution is 2.21. The highest BCUT2D eigenvalue weighted by atomic mass is 32.2. The van der Waals surface area contributed by atoms with Gasteiger partial charge in [-0.1, -0.05) is 17.7 Å². The van der Waals surface area contributed by atoms with Crippen LogP contribution in [0.5, 0.6) is 0 Å². The van der Waals surface area contributed by atoms with Crippen molar-refractivity contribution in [2.24, 2.45) is 0 Å². The summed E-state index contributed by atoms with van der Waals surface area (Å²) >= 11 is 0. The lowest BCUT2D eigenvalue weighted by Crippen LogP contribution is -2.35. The molecule has 0 radical (unpaired) electrons. The summed E-state index contributed by atoms with van der Waals surface area (Å²) in [6, 6.07) is 10.7. The molecule has 1 atom stereocenters.